The van der Waals surface area contributed by atoms with Crippen LogP contribution in [0, 0.1) is 10.1 Å². The largest absolute Gasteiger partial charge is 0.475 e. The summed E-state index contributed by atoms with van der Waals surface area (Å²) >= 11 is 2.94. The fourth-order valence-corrected chi connectivity index (χ4v) is 2.10. The number of carboxylic acid groups (broad SMARTS) is 1. The van der Waals surface area contributed by atoms with Crippen LogP contribution in [-0.4, -0.2) is 20.6 Å². The molecule has 20 heavy (non-hydrogen) atoms. The summed E-state index contributed by atoms with van der Waals surface area (Å²) in [6, 6.07) is 2.48. The Morgan fingerprint density at radius 3 is 2.85 bits per heavy atom. The zero-order chi connectivity index (χ0) is 14.9. The van der Waals surface area contributed by atoms with Crippen LogP contribution < -0.4 is 5.56 Å². The molecule has 9 heteroatoms. The molecular weight excluding hydrogens is 336 g/mol. The molecule has 8 nitrogen and oxygen atoms in total. The average Bonchev–Trinajstić information content (AvgIpc) is 2.82. The lowest BCUT2D eigenvalue weighted by Crippen LogP contribution is -2.21. The van der Waals surface area contributed by atoms with Crippen molar-refractivity contribution in [3.05, 3.63) is 60.9 Å². The normalized spacial score (nSPS) is 10.4. The summed E-state index contributed by atoms with van der Waals surface area (Å²) in [5, 5.41) is 19.7. The first kappa shape index (κ1) is 14.0. The van der Waals surface area contributed by atoms with Crippen molar-refractivity contribution in [1.29, 1.82) is 0 Å². The molecule has 0 bridgehead atoms. The summed E-state index contributed by atoms with van der Waals surface area (Å²) in [7, 11) is 0. The van der Waals surface area contributed by atoms with Gasteiger partial charge < -0.3 is 14.1 Å². The lowest BCUT2D eigenvalue weighted by atomic mass is 10.2. The molecule has 0 aliphatic rings. The van der Waals surface area contributed by atoms with Gasteiger partial charge in [0.15, 0.2) is 0 Å². The Bertz CT molecular complexity index is 748. The third-order valence-electron chi connectivity index (χ3n) is 2.52. The number of furan rings is 1. The van der Waals surface area contributed by atoms with E-state index >= 15 is 0 Å². The van der Waals surface area contributed by atoms with Gasteiger partial charge in [0, 0.05) is 11.6 Å². The van der Waals surface area contributed by atoms with Gasteiger partial charge in [0.05, 0.1) is 28.4 Å². The molecule has 104 valence electrons. The quantitative estimate of drug-likeness (QED) is 0.669. The predicted octanol–water partition coefficient (Wildman–Crippen LogP) is 1.86. The number of nitro groups is 1. The Morgan fingerprint density at radius 1 is 1.55 bits per heavy atom. The first-order chi connectivity index (χ1) is 9.40. The van der Waals surface area contributed by atoms with Gasteiger partial charge in [-0.1, -0.05) is 0 Å². The van der Waals surface area contributed by atoms with E-state index in [4.69, 9.17) is 9.52 Å². The van der Waals surface area contributed by atoms with Gasteiger partial charge in [0.25, 0.3) is 11.2 Å². The molecule has 0 radical (unpaired) electrons. The molecule has 0 unspecified atom stereocenters. The minimum Gasteiger partial charge on any atom is -0.475 e. The van der Waals surface area contributed by atoms with E-state index in [-0.39, 0.29) is 28.0 Å². The van der Waals surface area contributed by atoms with Gasteiger partial charge in [-0.25, -0.2) is 4.79 Å². The maximum atomic E-state index is 11.9. The van der Waals surface area contributed by atoms with Crippen LogP contribution in [-0.2, 0) is 6.54 Å². The topological polar surface area (TPSA) is 116 Å². The van der Waals surface area contributed by atoms with Crippen LogP contribution in [0.4, 0.5) is 5.69 Å². The van der Waals surface area contributed by atoms with E-state index < -0.39 is 16.5 Å². The molecule has 2 aromatic rings. The number of aromatic nitrogens is 1. The zero-order valence-corrected chi connectivity index (χ0v) is 11.4. The predicted molar refractivity (Wildman–Crippen MR) is 69.8 cm³/mol. The summed E-state index contributed by atoms with van der Waals surface area (Å²) in [6.07, 6.45) is 2.22. The van der Waals surface area contributed by atoms with Gasteiger partial charge in [-0.15, -0.1) is 0 Å². The molecule has 0 saturated carbocycles. The van der Waals surface area contributed by atoms with Crippen molar-refractivity contribution >= 4 is 27.6 Å². The molecule has 2 aromatic heterocycles. The van der Waals surface area contributed by atoms with Crippen LogP contribution in [0.2, 0.25) is 0 Å². The van der Waals surface area contributed by atoms with Gasteiger partial charge in [-0.05, 0) is 22.0 Å². The monoisotopic (exact) mass is 342 g/mol. The highest BCUT2D eigenvalue weighted by Gasteiger charge is 2.17. The second-order valence-electron chi connectivity index (χ2n) is 3.82. The number of halogens is 1. The van der Waals surface area contributed by atoms with Crippen molar-refractivity contribution in [3.8, 4) is 0 Å². The third kappa shape index (κ3) is 2.62. The zero-order valence-electron chi connectivity index (χ0n) is 9.78. The van der Waals surface area contributed by atoms with E-state index in [1.807, 2.05) is 0 Å². The maximum absolute atomic E-state index is 11.9. The summed E-state index contributed by atoms with van der Waals surface area (Å²) < 4.78 is 5.85. The number of hydrogen-bond donors (Lipinski definition) is 1. The first-order valence-corrected chi connectivity index (χ1v) is 6.03. The van der Waals surface area contributed by atoms with E-state index in [1.54, 1.807) is 0 Å². The summed E-state index contributed by atoms with van der Waals surface area (Å²) in [4.78, 5) is 32.9. The van der Waals surface area contributed by atoms with Crippen molar-refractivity contribution in [2.75, 3.05) is 0 Å². The Morgan fingerprint density at radius 2 is 2.25 bits per heavy atom. The lowest BCUT2D eigenvalue weighted by Gasteiger charge is -2.05. The van der Waals surface area contributed by atoms with Crippen molar-refractivity contribution in [3.63, 3.8) is 0 Å². The smallest absolute Gasteiger partial charge is 0.372 e. The standard InChI is InChI=1S/C11H7BrN2O6/c12-8-3-7(14(18)19)5-13(10(8)15)4-6-1-2-20-9(6)11(16)17/h1-3,5H,4H2,(H,16,17). The molecule has 0 aromatic carbocycles. The Labute approximate surface area is 119 Å². The molecule has 2 rings (SSSR count). The van der Waals surface area contributed by atoms with Crippen molar-refractivity contribution in [2.24, 2.45) is 0 Å². The lowest BCUT2D eigenvalue weighted by molar-refractivity contribution is -0.385. The third-order valence-corrected chi connectivity index (χ3v) is 3.09. The van der Waals surface area contributed by atoms with Gasteiger partial charge in [0.2, 0.25) is 5.76 Å². The molecule has 1 N–H and O–H groups in total. The van der Waals surface area contributed by atoms with Crippen LogP contribution in [0.5, 0.6) is 0 Å². The number of pyridine rings is 1. The minimum absolute atomic E-state index is 0.0204. The summed E-state index contributed by atoms with van der Waals surface area (Å²) in [5.41, 5.74) is -0.544. The molecule has 0 saturated heterocycles. The Balaban J connectivity index is 2.48. The molecular formula is C11H7BrN2O6. The van der Waals surface area contributed by atoms with Gasteiger partial charge in [0.1, 0.15) is 0 Å². The van der Waals surface area contributed by atoms with Crippen LogP contribution >= 0.6 is 15.9 Å². The number of hydrogen-bond acceptors (Lipinski definition) is 5. The van der Waals surface area contributed by atoms with Gasteiger partial charge >= 0.3 is 5.97 Å². The Hall–Kier alpha value is -2.42. The van der Waals surface area contributed by atoms with Crippen LogP contribution in [0.1, 0.15) is 16.1 Å². The molecule has 0 spiro atoms. The Kier molecular flexibility index (Phi) is 3.70. The molecule has 0 atom stereocenters. The fraction of sp³-hybridized carbons (Fsp3) is 0.0909. The second-order valence-corrected chi connectivity index (χ2v) is 4.67. The number of carboxylic acids is 1. The highest BCUT2D eigenvalue weighted by molar-refractivity contribution is 9.10. The fourth-order valence-electron chi connectivity index (χ4n) is 1.63. The maximum Gasteiger partial charge on any atom is 0.372 e. The number of rotatable bonds is 4. The van der Waals surface area contributed by atoms with E-state index in [0.717, 1.165) is 16.8 Å². The van der Waals surface area contributed by atoms with E-state index in [1.165, 1.54) is 12.3 Å². The number of carbonyl (C=O) groups is 1. The van der Waals surface area contributed by atoms with E-state index in [2.05, 4.69) is 15.9 Å². The van der Waals surface area contributed by atoms with Crippen LogP contribution in [0.25, 0.3) is 0 Å². The minimum atomic E-state index is -1.28. The highest BCUT2D eigenvalue weighted by Crippen LogP contribution is 2.17. The molecule has 2 heterocycles. The number of nitrogens with zero attached hydrogens (tertiary/aromatic N) is 2. The average molecular weight is 343 g/mol. The van der Waals surface area contributed by atoms with Crippen molar-refractivity contribution in [2.45, 2.75) is 6.54 Å². The summed E-state index contributed by atoms with van der Waals surface area (Å²) in [5.74, 6) is -1.58. The highest BCUT2D eigenvalue weighted by atomic mass is 79.9. The van der Waals surface area contributed by atoms with E-state index in [9.17, 15) is 19.7 Å². The SMILES string of the molecule is O=C(O)c1occc1Cn1cc([N+](=O)[O-])cc(Br)c1=O. The molecule has 0 aliphatic heterocycles. The van der Waals surface area contributed by atoms with Crippen LogP contribution in [0.15, 0.2) is 38.3 Å². The van der Waals surface area contributed by atoms with Gasteiger partial charge in [-0.2, -0.15) is 0 Å². The first-order valence-electron chi connectivity index (χ1n) is 5.24. The van der Waals surface area contributed by atoms with Crippen molar-refractivity contribution in [1.82, 2.24) is 4.57 Å². The van der Waals surface area contributed by atoms with E-state index in [0.29, 0.717) is 0 Å². The molecule has 0 amide bonds. The van der Waals surface area contributed by atoms with Crippen LogP contribution in [0.3, 0.4) is 0 Å². The number of aromatic carboxylic acids is 1. The van der Waals surface area contributed by atoms with Crippen molar-refractivity contribution < 1.29 is 19.2 Å². The molecule has 0 aliphatic carbocycles. The summed E-state index contributed by atoms with van der Waals surface area (Å²) in [6.45, 7) is -0.142. The second kappa shape index (κ2) is 5.29. The molecule has 0 fully saturated rings. The van der Waals surface area contributed by atoms with Gasteiger partial charge in [-0.3, -0.25) is 14.9 Å².